The molecule has 4 nitrogen and oxygen atoms in total. The Bertz CT molecular complexity index is 152. The van der Waals surface area contributed by atoms with Gasteiger partial charge in [-0.15, -0.1) is 0 Å². The van der Waals surface area contributed by atoms with Crippen molar-refractivity contribution in [3.05, 3.63) is 0 Å². The van der Waals surface area contributed by atoms with Crippen LogP contribution in [-0.4, -0.2) is 25.0 Å². The van der Waals surface area contributed by atoms with Gasteiger partial charge in [-0.05, 0) is 20.1 Å². The number of methoxy groups -OCH3 is 1. The molecule has 0 aromatic heterocycles. The predicted octanol–water partition coefficient (Wildman–Crippen LogP) is -0.0750. The van der Waals surface area contributed by atoms with Gasteiger partial charge in [0.25, 0.3) is 0 Å². The van der Waals surface area contributed by atoms with Gasteiger partial charge in [0.15, 0.2) is 0 Å². The van der Waals surface area contributed by atoms with Gasteiger partial charge >= 0.3 is 5.97 Å². The molecule has 0 aliphatic heterocycles. The van der Waals surface area contributed by atoms with Crippen molar-refractivity contribution in [2.24, 2.45) is 10.7 Å². The van der Waals surface area contributed by atoms with E-state index in [1.807, 2.05) is 0 Å². The van der Waals surface area contributed by atoms with E-state index in [4.69, 9.17) is 5.73 Å². The average molecular weight is 144 g/mol. The molecule has 0 fully saturated rings. The minimum absolute atomic E-state index is 0.536. The quantitative estimate of drug-likeness (QED) is 0.435. The predicted molar refractivity (Wildman–Crippen MR) is 38.8 cm³/mol. The minimum atomic E-state index is -1.23. The molecule has 0 saturated heterocycles. The lowest BCUT2D eigenvalue weighted by molar-refractivity contribution is -0.146. The smallest absolute Gasteiger partial charge is 0.348 e. The lowest BCUT2D eigenvalue weighted by atomic mass is 10.2. The largest absolute Gasteiger partial charge is 0.466 e. The molecule has 0 saturated carbocycles. The number of hydrogen-bond acceptors (Lipinski definition) is 4. The summed E-state index contributed by atoms with van der Waals surface area (Å²) in [7, 11) is 1.28. The molecule has 10 heavy (non-hydrogen) atoms. The van der Waals surface area contributed by atoms with Gasteiger partial charge in [0, 0.05) is 0 Å². The average Bonchev–Trinajstić information content (AvgIpc) is 1.86. The van der Waals surface area contributed by atoms with Gasteiger partial charge in [-0.25, -0.2) is 4.79 Å². The molecule has 2 N–H and O–H groups in total. The summed E-state index contributed by atoms with van der Waals surface area (Å²) in [6.45, 7) is 3.17. The number of carbonyl (C=O) groups is 1. The first-order chi connectivity index (χ1) is 4.54. The Hall–Kier alpha value is -0.900. The van der Waals surface area contributed by atoms with Crippen LogP contribution < -0.4 is 5.73 Å². The Morgan fingerprint density at radius 3 is 2.60 bits per heavy atom. The van der Waals surface area contributed by atoms with Gasteiger partial charge < -0.3 is 4.74 Å². The van der Waals surface area contributed by atoms with E-state index in [9.17, 15) is 4.79 Å². The van der Waals surface area contributed by atoms with Crippen LogP contribution in [0.5, 0.6) is 0 Å². The molecular weight excluding hydrogens is 132 g/mol. The van der Waals surface area contributed by atoms with Crippen LogP contribution in [0.25, 0.3) is 0 Å². The number of ether oxygens (including phenoxy) is 1. The summed E-state index contributed by atoms with van der Waals surface area (Å²) in [5.74, 6) is -0.536. The molecule has 0 aromatic carbocycles. The first kappa shape index (κ1) is 9.10. The summed E-state index contributed by atoms with van der Waals surface area (Å²) >= 11 is 0. The summed E-state index contributed by atoms with van der Waals surface area (Å²) in [6.07, 6.45) is 1.47. The number of aliphatic imine (C=N–C) groups is 1. The Morgan fingerprint density at radius 1 is 1.80 bits per heavy atom. The Morgan fingerprint density at radius 2 is 2.30 bits per heavy atom. The molecule has 1 atom stereocenters. The van der Waals surface area contributed by atoms with E-state index in [0.29, 0.717) is 0 Å². The zero-order chi connectivity index (χ0) is 8.20. The molecule has 0 radical (unpaired) electrons. The summed E-state index contributed by atoms with van der Waals surface area (Å²) in [4.78, 5) is 14.5. The second-order valence-corrected chi connectivity index (χ2v) is 2.03. The fourth-order valence-electron chi connectivity index (χ4n) is 0.528. The number of nitrogens with zero attached hydrogens (tertiary/aromatic N) is 1. The molecule has 58 valence electrons. The van der Waals surface area contributed by atoms with Crippen molar-refractivity contribution in [2.75, 3.05) is 7.11 Å². The van der Waals surface area contributed by atoms with Crippen molar-refractivity contribution in [2.45, 2.75) is 19.5 Å². The van der Waals surface area contributed by atoms with Crippen molar-refractivity contribution in [1.82, 2.24) is 0 Å². The fraction of sp³-hybridized carbons (Fsp3) is 0.667. The second-order valence-electron chi connectivity index (χ2n) is 2.03. The van der Waals surface area contributed by atoms with Crippen LogP contribution in [-0.2, 0) is 9.53 Å². The van der Waals surface area contributed by atoms with Crippen molar-refractivity contribution >= 4 is 12.2 Å². The second kappa shape index (κ2) is 3.31. The van der Waals surface area contributed by atoms with Crippen LogP contribution in [0.3, 0.4) is 0 Å². The van der Waals surface area contributed by atoms with Gasteiger partial charge in [0.2, 0.25) is 5.66 Å². The Labute approximate surface area is 60.1 Å². The van der Waals surface area contributed by atoms with E-state index in [1.165, 1.54) is 20.2 Å². The summed E-state index contributed by atoms with van der Waals surface area (Å²) in [5, 5.41) is 0. The highest BCUT2D eigenvalue weighted by atomic mass is 16.5. The third-order valence-corrected chi connectivity index (χ3v) is 0.996. The third-order valence-electron chi connectivity index (χ3n) is 0.996. The molecule has 0 heterocycles. The topological polar surface area (TPSA) is 64.7 Å². The normalized spacial score (nSPS) is 16.8. The van der Waals surface area contributed by atoms with Gasteiger partial charge in [-0.2, -0.15) is 0 Å². The summed E-state index contributed by atoms with van der Waals surface area (Å²) < 4.78 is 4.39. The fourth-order valence-corrected chi connectivity index (χ4v) is 0.528. The lowest BCUT2D eigenvalue weighted by Crippen LogP contribution is -2.43. The molecule has 0 spiro atoms. The van der Waals surface area contributed by atoms with E-state index in [0.717, 1.165) is 0 Å². The van der Waals surface area contributed by atoms with Gasteiger partial charge in [0.1, 0.15) is 0 Å². The van der Waals surface area contributed by atoms with E-state index in [1.54, 1.807) is 6.92 Å². The maximum absolute atomic E-state index is 10.8. The SMILES string of the molecule is CC=NC(C)(N)C(=O)OC. The highest BCUT2D eigenvalue weighted by molar-refractivity contribution is 5.81. The molecule has 4 heteroatoms. The highest BCUT2D eigenvalue weighted by Gasteiger charge is 2.27. The van der Waals surface area contributed by atoms with Crippen LogP contribution in [0, 0.1) is 0 Å². The van der Waals surface area contributed by atoms with Crippen molar-refractivity contribution < 1.29 is 9.53 Å². The number of esters is 1. The molecular formula is C6H12N2O2. The lowest BCUT2D eigenvalue weighted by Gasteiger charge is -2.14. The number of nitrogens with two attached hydrogens (primary N) is 1. The van der Waals surface area contributed by atoms with Crippen molar-refractivity contribution in [3.63, 3.8) is 0 Å². The molecule has 0 aromatic rings. The number of carbonyl (C=O) groups excluding carboxylic acids is 1. The van der Waals surface area contributed by atoms with Crippen LogP contribution in [0.4, 0.5) is 0 Å². The Balaban J connectivity index is 4.24. The van der Waals surface area contributed by atoms with Gasteiger partial charge in [0.05, 0.1) is 7.11 Å². The standard InChI is InChI=1S/C6H12N2O2/c1-4-8-6(2,7)5(9)10-3/h4H,7H2,1-3H3. The Kier molecular flexibility index (Phi) is 3.02. The van der Waals surface area contributed by atoms with Crippen LogP contribution >= 0.6 is 0 Å². The molecule has 0 aliphatic carbocycles. The zero-order valence-corrected chi connectivity index (χ0v) is 6.42. The third kappa shape index (κ3) is 2.14. The maximum atomic E-state index is 10.8. The van der Waals surface area contributed by atoms with E-state index in [-0.39, 0.29) is 0 Å². The molecule has 0 rings (SSSR count). The van der Waals surface area contributed by atoms with Crippen molar-refractivity contribution in [3.8, 4) is 0 Å². The van der Waals surface area contributed by atoms with Crippen LogP contribution in [0.2, 0.25) is 0 Å². The van der Waals surface area contributed by atoms with Gasteiger partial charge in [-0.1, -0.05) is 0 Å². The summed E-state index contributed by atoms with van der Waals surface area (Å²) in [6, 6.07) is 0. The number of hydrogen-bond donors (Lipinski definition) is 1. The van der Waals surface area contributed by atoms with E-state index < -0.39 is 11.6 Å². The van der Waals surface area contributed by atoms with Crippen LogP contribution in [0.1, 0.15) is 13.8 Å². The van der Waals surface area contributed by atoms with Gasteiger partial charge in [-0.3, -0.25) is 10.7 Å². The zero-order valence-electron chi connectivity index (χ0n) is 6.42. The number of rotatable bonds is 2. The summed E-state index contributed by atoms with van der Waals surface area (Å²) in [5.41, 5.74) is 4.18. The first-order valence-corrected chi connectivity index (χ1v) is 2.91. The minimum Gasteiger partial charge on any atom is -0.466 e. The monoisotopic (exact) mass is 144 g/mol. The molecule has 1 unspecified atom stereocenters. The molecule has 0 aliphatic rings. The first-order valence-electron chi connectivity index (χ1n) is 2.91. The molecule has 0 amide bonds. The highest BCUT2D eigenvalue weighted by Crippen LogP contribution is 2.01. The maximum Gasteiger partial charge on any atom is 0.348 e. The van der Waals surface area contributed by atoms with E-state index >= 15 is 0 Å². The van der Waals surface area contributed by atoms with E-state index in [2.05, 4.69) is 9.73 Å². The molecule has 0 bridgehead atoms. The van der Waals surface area contributed by atoms with Crippen LogP contribution in [0.15, 0.2) is 4.99 Å². The van der Waals surface area contributed by atoms with Crippen molar-refractivity contribution in [1.29, 1.82) is 0 Å².